The van der Waals surface area contributed by atoms with Crippen LogP contribution in [-0.4, -0.2) is 187 Å². The lowest BCUT2D eigenvalue weighted by molar-refractivity contribution is -0.137. The number of hydrogen-bond acceptors (Lipinski definition) is 18. The maximum absolute atomic E-state index is 14.1. The van der Waals surface area contributed by atoms with Crippen molar-refractivity contribution in [2.45, 2.75) is 103 Å². The van der Waals surface area contributed by atoms with Gasteiger partial charge >= 0.3 is 0 Å². The number of aliphatic imine (C=N–C) groups is 2. The third kappa shape index (κ3) is 18.3. The Morgan fingerprint density at radius 3 is 1.55 bits per heavy atom. The number of nitrogens with zero attached hydrogens (tertiary/aromatic N) is 5. The third-order valence-electron chi connectivity index (χ3n) is 16.4. The highest BCUT2D eigenvalue weighted by Gasteiger charge is 2.36. The van der Waals surface area contributed by atoms with Crippen LogP contribution in [0.4, 0.5) is 17.1 Å². The molecular weight excluding hydrogens is 1210 g/mol. The van der Waals surface area contributed by atoms with E-state index < -0.39 is 23.9 Å². The van der Waals surface area contributed by atoms with Crippen LogP contribution in [0.15, 0.2) is 107 Å². The van der Waals surface area contributed by atoms with Gasteiger partial charge in [-0.3, -0.25) is 48.4 Å². The molecule has 4 aromatic rings. The number of amides is 7. The molecule has 0 aliphatic carbocycles. The van der Waals surface area contributed by atoms with Gasteiger partial charge in [-0.15, -0.1) is 0 Å². The summed E-state index contributed by atoms with van der Waals surface area (Å²) in [5.74, 6) is -0.122. The highest BCUT2D eigenvalue weighted by atomic mass is 16.6. The first-order chi connectivity index (χ1) is 45.6. The summed E-state index contributed by atoms with van der Waals surface area (Å²) in [5, 5.41) is 8.35. The lowest BCUT2D eigenvalue weighted by Crippen LogP contribution is -2.53. The minimum atomic E-state index is -0.927. The Kier molecular flexibility index (Phi) is 25.1. The van der Waals surface area contributed by atoms with E-state index in [9.17, 15) is 33.6 Å². The highest BCUT2D eigenvalue weighted by Crippen LogP contribution is 2.42. The maximum atomic E-state index is 14.1. The minimum Gasteiger partial charge on any atom is -0.493 e. The number of hydrogen-bond donors (Lipinski definition) is 3. The molecule has 0 aromatic heterocycles. The van der Waals surface area contributed by atoms with Crippen molar-refractivity contribution in [3.63, 3.8) is 0 Å². The Bertz CT molecular complexity index is 3490. The van der Waals surface area contributed by atoms with Crippen LogP contribution in [0, 0.1) is 5.92 Å². The first-order valence-corrected chi connectivity index (χ1v) is 32.0. The van der Waals surface area contributed by atoms with Crippen LogP contribution < -0.4 is 39.6 Å². The van der Waals surface area contributed by atoms with E-state index in [2.05, 4.69) is 16.0 Å². The molecule has 4 atom stereocenters. The predicted octanol–water partition coefficient (Wildman–Crippen LogP) is 8.42. The van der Waals surface area contributed by atoms with Gasteiger partial charge in [0.2, 0.25) is 17.7 Å². The number of methoxy groups -OCH3 is 3. The summed E-state index contributed by atoms with van der Waals surface area (Å²) in [6, 6.07) is 19.4. The summed E-state index contributed by atoms with van der Waals surface area (Å²) in [5.41, 5.74) is 5.99. The zero-order chi connectivity index (χ0) is 66.5. The van der Waals surface area contributed by atoms with Gasteiger partial charge < -0.3 is 68.4 Å². The van der Waals surface area contributed by atoms with Crippen LogP contribution in [0.1, 0.15) is 110 Å². The fourth-order valence-electron chi connectivity index (χ4n) is 11.1. The van der Waals surface area contributed by atoms with E-state index >= 15 is 0 Å². The van der Waals surface area contributed by atoms with Crippen molar-refractivity contribution in [2.24, 2.45) is 15.9 Å². The molecule has 0 fully saturated rings. The number of ether oxygens (including phenoxy) is 9. The second kappa shape index (κ2) is 34.1. The highest BCUT2D eigenvalue weighted by molar-refractivity contribution is 6.13. The summed E-state index contributed by atoms with van der Waals surface area (Å²) in [6.07, 6.45) is 14.9. The van der Waals surface area contributed by atoms with E-state index in [4.69, 9.17) is 52.6 Å². The molecular formula is C70H84N8O16. The van der Waals surface area contributed by atoms with Crippen LogP contribution in [0.3, 0.4) is 0 Å². The number of carbonyl (C=O) groups excluding carboxylic acids is 7. The number of benzene rings is 4. The zero-order valence-corrected chi connectivity index (χ0v) is 54.2. The van der Waals surface area contributed by atoms with E-state index in [1.165, 1.54) is 19.3 Å². The number of fused-ring (bicyclic) bond motifs is 4. The molecule has 0 spiro atoms. The van der Waals surface area contributed by atoms with Crippen LogP contribution in [-0.2, 0) is 42.9 Å². The van der Waals surface area contributed by atoms with Gasteiger partial charge in [0.1, 0.15) is 24.4 Å². The topological polar surface area (TPSA) is 273 Å². The molecule has 0 saturated heterocycles. The number of unbranched alkanes of at least 4 members (excludes halogenated alkanes) is 4. The van der Waals surface area contributed by atoms with Crippen LogP contribution in [0.25, 0.3) is 11.1 Å². The smallest absolute Gasteiger partial charge is 0.260 e. The first kappa shape index (κ1) is 69.1. The molecule has 24 heteroatoms. The molecule has 94 heavy (non-hydrogen) atoms. The molecule has 24 nitrogen and oxygen atoms in total. The predicted molar refractivity (Wildman–Crippen MR) is 352 cm³/mol. The van der Waals surface area contributed by atoms with Crippen molar-refractivity contribution in [1.82, 2.24) is 25.3 Å². The molecule has 0 saturated carbocycles. The van der Waals surface area contributed by atoms with Gasteiger partial charge in [0.05, 0.1) is 108 Å². The minimum absolute atomic E-state index is 0.162. The number of carbonyl (C=O) groups is 7. The summed E-state index contributed by atoms with van der Waals surface area (Å²) in [6.45, 7) is 10.1. The Morgan fingerprint density at radius 2 is 1.04 bits per heavy atom. The molecule has 4 aromatic carbocycles. The monoisotopic (exact) mass is 1290 g/mol. The van der Waals surface area contributed by atoms with Crippen LogP contribution in [0.5, 0.6) is 28.7 Å². The molecule has 0 radical (unpaired) electrons. The van der Waals surface area contributed by atoms with Gasteiger partial charge in [-0.1, -0.05) is 44.5 Å². The normalized spacial score (nSPS) is 16.8. The van der Waals surface area contributed by atoms with E-state index in [1.807, 2.05) is 55.0 Å². The van der Waals surface area contributed by atoms with Gasteiger partial charge in [-0.05, 0) is 104 Å². The third-order valence-corrected chi connectivity index (χ3v) is 16.4. The summed E-state index contributed by atoms with van der Waals surface area (Å²) >= 11 is 0. The molecule has 3 N–H and O–H groups in total. The zero-order valence-electron chi connectivity index (χ0n) is 54.2. The Morgan fingerprint density at radius 1 is 0.543 bits per heavy atom. The van der Waals surface area contributed by atoms with Gasteiger partial charge in [0, 0.05) is 87.7 Å². The van der Waals surface area contributed by atoms with Crippen molar-refractivity contribution >= 4 is 82.0 Å². The summed E-state index contributed by atoms with van der Waals surface area (Å²) in [4.78, 5) is 105. The van der Waals surface area contributed by atoms with Crippen molar-refractivity contribution in [2.75, 3.05) is 99.3 Å². The van der Waals surface area contributed by atoms with Crippen molar-refractivity contribution < 1.29 is 76.2 Å². The van der Waals surface area contributed by atoms with E-state index in [0.29, 0.717) is 162 Å². The number of rotatable bonds is 37. The maximum Gasteiger partial charge on any atom is 0.260 e. The SMILES string of the molecule is COCCOCCOCCOCCOc1ccc(C2=CN3C(=O)c4cc(OC)c(OCCCCCOc5cc6c(cc5OC)C(=O)N5C=C(c7ccc(NC(=O)[C@H](C)NC(=O)[C@@H](NC(=O)CCCCCN8C(=O)C=CC8=O)C(C)C)cc7)C[C@@H]5C=N6)cc4N=C[C@H]3C2)cc1. The van der Waals surface area contributed by atoms with Gasteiger partial charge in [-0.25, -0.2) is 0 Å². The Labute approximate surface area is 547 Å². The second-order valence-electron chi connectivity index (χ2n) is 23.4. The lowest BCUT2D eigenvalue weighted by atomic mass is 10.0. The van der Waals surface area contributed by atoms with E-state index in [0.717, 1.165) is 39.3 Å². The van der Waals surface area contributed by atoms with E-state index in [-0.39, 0.29) is 60.5 Å². The quantitative estimate of drug-likeness (QED) is 0.0282. The largest absolute Gasteiger partial charge is 0.493 e. The molecule has 7 amide bonds. The molecule has 9 rings (SSSR count). The molecule has 5 aliphatic rings. The lowest BCUT2D eigenvalue weighted by Gasteiger charge is -2.24. The molecule has 0 unspecified atom stereocenters. The Balaban J connectivity index is 0.682. The van der Waals surface area contributed by atoms with Crippen LogP contribution in [0.2, 0.25) is 0 Å². The molecule has 5 heterocycles. The fourth-order valence-corrected chi connectivity index (χ4v) is 11.1. The number of imide groups is 1. The molecule has 500 valence electrons. The van der Waals surface area contributed by atoms with E-state index in [1.54, 1.807) is 87.4 Å². The average Bonchev–Trinajstić information content (AvgIpc) is 1.62. The van der Waals surface area contributed by atoms with Crippen LogP contribution >= 0.6 is 0 Å². The second-order valence-corrected chi connectivity index (χ2v) is 23.4. The van der Waals surface area contributed by atoms with Gasteiger partial charge in [-0.2, -0.15) is 0 Å². The fraction of sp³-hybridized carbons (Fsp3) is 0.443. The van der Waals surface area contributed by atoms with Crippen molar-refractivity contribution in [1.29, 1.82) is 0 Å². The van der Waals surface area contributed by atoms with Gasteiger partial charge in [0.25, 0.3) is 23.6 Å². The molecule has 5 aliphatic heterocycles. The van der Waals surface area contributed by atoms with Crippen molar-refractivity contribution in [3.05, 3.63) is 120 Å². The average molecular weight is 1290 g/mol. The first-order valence-electron chi connectivity index (χ1n) is 32.0. The van der Waals surface area contributed by atoms with Crippen molar-refractivity contribution in [3.8, 4) is 28.7 Å². The van der Waals surface area contributed by atoms with Gasteiger partial charge in [0.15, 0.2) is 23.0 Å². The summed E-state index contributed by atoms with van der Waals surface area (Å²) in [7, 11) is 4.70. The number of nitrogens with one attached hydrogen (secondary N) is 3. The summed E-state index contributed by atoms with van der Waals surface area (Å²) < 4.78 is 51.2. The molecule has 0 bridgehead atoms. The Hall–Kier alpha value is -9.23. The number of anilines is 1. The standard InChI is InChI=1S/C70H84N8O16/c1-45(2)66(75-63(79)13-9-7-10-24-76-64(80)22-23-65(76)81)68(83)73-46(3)67(82)74-51-18-14-47(15-19-51)49-35-52-41-71-57-39-61(59(87-5)37-55(57)69(84)77(52)43-49)93-25-11-8-12-26-94-62-40-58-56(38-60(62)88-6)70(85)78-44-50(36-53(78)42-72-58)48-16-20-54(21-17-48)92-34-33-91-32-31-90-30-29-89-28-27-86-4/h14-23,37-46,52-53,66H,7-13,24-36H2,1-6H3,(H,73,83)(H,74,82)(H,75,79)/t46-,52+,53+,66-/m0/s1.